The summed E-state index contributed by atoms with van der Waals surface area (Å²) in [6.07, 6.45) is 0. The molecule has 4 rings (SSSR count). The van der Waals surface area contributed by atoms with Gasteiger partial charge in [0.2, 0.25) is 0 Å². The van der Waals surface area contributed by atoms with E-state index in [1.165, 1.54) is 5.69 Å². The summed E-state index contributed by atoms with van der Waals surface area (Å²) in [6, 6.07) is 26.9. The van der Waals surface area contributed by atoms with Gasteiger partial charge >= 0.3 is 0 Å². The van der Waals surface area contributed by atoms with Gasteiger partial charge in [0.1, 0.15) is 12.4 Å². The van der Waals surface area contributed by atoms with Crippen molar-refractivity contribution in [3.05, 3.63) is 84.4 Å². The van der Waals surface area contributed by atoms with Gasteiger partial charge in [-0.1, -0.05) is 48.5 Å². The maximum Gasteiger partial charge on any atom is 0.143 e. The molecule has 1 heterocycles. The van der Waals surface area contributed by atoms with E-state index in [4.69, 9.17) is 4.74 Å². The summed E-state index contributed by atoms with van der Waals surface area (Å²) < 4.78 is 6.14. The van der Waals surface area contributed by atoms with E-state index in [0.29, 0.717) is 6.61 Å². The van der Waals surface area contributed by atoms with Crippen LogP contribution in [0.25, 0.3) is 0 Å². The van der Waals surface area contributed by atoms with Crippen LogP contribution in [0, 0.1) is 0 Å². The summed E-state index contributed by atoms with van der Waals surface area (Å²) in [6.45, 7) is 4.64. The number of nitrogens with one attached hydrogen (secondary N) is 2. The third kappa shape index (κ3) is 4.60. The van der Waals surface area contributed by atoms with Crippen molar-refractivity contribution in [2.24, 2.45) is 0 Å². The van der Waals surface area contributed by atoms with Gasteiger partial charge in [0.15, 0.2) is 0 Å². The minimum absolute atomic E-state index is 0.553. The summed E-state index contributed by atoms with van der Waals surface area (Å²) in [5, 5.41) is 6.93. The van der Waals surface area contributed by atoms with Gasteiger partial charge in [-0.25, -0.2) is 0 Å². The van der Waals surface area contributed by atoms with Crippen LogP contribution in [0.15, 0.2) is 78.9 Å². The van der Waals surface area contributed by atoms with Crippen molar-refractivity contribution >= 4 is 17.1 Å². The molecule has 0 bridgehead atoms. The highest BCUT2D eigenvalue weighted by Crippen LogP contribution is 2.33. The maximum atomic E-state index is 6.14. The molecule has 0 aliphatic carbocycles. The van der Waals surface area contributed by atoms with Gasteiger partial charge in [-0.3, -0.25) is 0 Å². The lowest BCUT2D eigenvalue weighted by atomic mass is 10.2. The quantitative estimate of drug-likeness (QED) is 0.683. The molecule has 0 radical (unpaired) electrons. The van der Waals surface area contributed by atoms with Gasteiger partial charge in [0.25, 0.3) is 0 Å². The molecule has 1 saturated heterocycles. The number of para-hydroxylation sites is 1. The molecule has 138 valence electrons. The Morgan fingerprint density at radius 1 is 0.852 bits per heavy atom. The van der Waals surface area contributed by atoms with Crippen molar-refractivity contribution in [2.45, 2.75) is 6.61 Å². The molecule has 0 saturated carbocycles. The number of ether oxygens (including phenoxy) is 1. The molecule has 0 atom stereocenters. The maximum absolute atomic E-state index is 6.14. The molecule has 1 aliphatic rings. The van der Waals surface area contributed by atoms with Crippen LogP contribution in [-0.2, 0) is 6.61 Å². The number of rotatable bonds is 6. The van der Waals surface area contributed by atoms with Crippen LogP contribution < -0.4 is 20.3 Å². The molecular weight excluding hydrogens is 334 g/mol. The second kappa shape index (κ2) is 8.60. The summed E-state index contributed by atoms with van der Waals surface area (Å²) in [7, 11) is 0. The minimum Gasteiger partial charge on any atom is -0.487 e. The third-order valence-corrected chi connectivity index (χ3v) is 4.74. The molecule has 0 unspecified atom stereocenters. The van der Waals surface area contributed by atoms with Crippen molar-refractivity contribution in [1.29, 1.82) is 0 Å². The number of benzene rings is 3. The second-order valence-corrected chi connectivity index (χ2v) is 6.68. The molecule has 2 N–H and O–H groups in total. The van der Waals surface area contributed by atoms with Crippen molar-refractivity contribution in [3.8, 4) is 5.75 Å². The average molecular weight is 359 g/mol. The summed E-state index contributed by atoms with van der Waals surface area (Å²) in [5.41, 5.74) is 4.43. The van der Waals surface area contributed by atoms with E-state index in [2.05, 4.69) is 58.0 Å². The second-order valence-electron chi connectivity index (χ2n) is 6.68. The van der Waals surface area contributed by atoms with Crippen LogP contribution in [0.3, 0.4) is 0 Å². The lowest BCUT2D eigenvalue weighted by Crippen LogP contribution is -2.43. The summed E-state index contributed by atoms with van der Waals surface area (Å²) in [5.74, 6) is 0.863. The summed E-state index contributed by atoms with van der Waals surface area (Å²) >= 11 is 0. The molecular formula is C23H25N3O. The average Bonchev–Trinajstić information content (AvgIpc) is 2.75. The van der Waals surface area contributed by atoms with Gasteiger partial charge in [-0.05, 0) is 35.9 Å². The Morgan fingerprint density at radius 3 is 2.30 bits per heavy atom. The standard InChI is InChI=1S/C23H25N3O/c1-3-7-19(8-4-1)18-27-23-12-11-21(26-15-13-24-14-16-26)17-22(23)25-20-9-5-2-6-10-20/h1-12,17,24-25H,13-16,18H2. The fraction of sp³-hybridized carbons (Fsp3) is 0.217. The minimum atomic E-state index is 0.553. The number of hydrogen-bond donors (Lipinski definition) is 2. The van der Waals surface area contributed by atoms with Crippen LogP contribution in [0.1, 0.15) is 5.56 Å². The first kappa shape index (κ1) is 17.4. The molecule has 1 aliphatic heterocycles. The normalized spacial score (nSPS) is 14.0. The van der Waals surface area contributed by atoms with Gasteiger partial charge in [0.05, 0.1) is 5.69 Å². The van der Waals surface area contributed by atoms with Gasteiger partial charge in [-0.15, -0.1) is 0 Å². The smallest absolute Gasteiger partial charge is 0.143 e. The van der Waals surface area contributed by atoms with Crippen molar-refractivity contribution < 1.29 is 4.74 Å². The molecule has 0 spiro atoms. The lowest BCUT2D eigenvalue weighted by Gasteiger charge is -2.30. The number of anilines is 3. The van der Waals surface area contributed by atoms with Gasteiger partial charge in [0, 0.05) is 37.6 Å². The van der Waals surface area contributed by atoms with Crippen LogP contribution in [0.5, 0.6) is 5.75 Å². The van der Waals surface area contributed by atoms with E-state index >= 15 is 0 Å². The van der Waals surface area contributed by atoms with Gasteiger partial charge in [-0.2, -0.15) is 0 Å². The highest BCUT2D eigenvalue weighted by molar-refractivity contribution is 5.71. The zero-order valence-electron chi connectivity index (χ0n) is 15.4. The Balaban J connectivity index is 1.58. The molecule has 0 amide bonds. The van der Waals surface area contributed by atoms with E-state index < -0.39 is 0 Å². The van der Waals surface area contributed by atoms with E-state index in [-0.39, 0.29) is 0 Å². The largest absolute Gasteiger partial charge is 0.487 e. The van der Waals surface area contributed by atoms with Crippen molar-refractivity contribution in [2.75, 3.05) is 36.4 Å². The van der Waals surface area contributed by atoms with Crippen molar-refractivity contribution in [1.82, 2.24) is 5.32 Å². The predicted molar refractivity (Wildman–Crippen MR) is 112 cm³/mol. The van der Waals surface area contributed by atoms with E-state index in [0.717, 1.165) is 48.9 Å². The van der Waals surface area contributed by atoms with E-state index in [1.54, 1.807) is 0 Å². The number of hydrogen-bond acceptors (Lipinski definition) is 4. The highest BCUT2D eigenvalue weighted by Gasteiger charge is 2.13. The molecule has 0 aromatic heterocycles. The van der Waals surface area contributed by atoms with Crippen LogP contribution in [0.2, 0.25) is 0 Å². The first-order valence-corrected chi connectivity index (χ1v) is 9.47. The molecule has 1 fully saturated rings. The SMILES string of the molecule is c1ccc(COc2ccc(N3CCNCC3)cc2Nc2ccccc2)cc1. The molecule has 27 heavy (non-hydrogen) atoms. The van der Waals surface area contributed by atoms with Crippen LogP contribution in [-0.4, -0.2) is 26.2 Å². The Labute approximate surface area is 160 Å². The third-order valence-electron chi connectivity index (χ3n) is 4.74. The van der Waals surface area contributed by atoms with Crippen LogP contribution in [0.4, 0.5) is 17.1 Å². The fourth-order valence-corrected chi connectivity index (χ4v) is 3.27. The molecule has 4 heteroatoms. The molecule has 4 nitrogen and oxygen atoms in total. The Bertz CT molecular complexity index is 846. The fourth-order valence-electron chi connectivity index (χ4n) is 3.27. The van der Waals surface area contributed by atoms with Crippen molar-refractivity contribution in [3.63, 3.8) is 0 Å². The van der Waals surface area contributed by atoms with E-state index in [9.17, 15) is 0 Å². The first-order valence-electron chi connectivity index (χ1n) is 9.47. The summed E-state index contributed by atoms with van der Waals surface area (Å²) in [4.78, 5) is 2.41. The number of piperazine rings is 1. The topological polar surface area (TPSA) is 36.5 Å². The zero-order valence-corrected chi connectivity index (χ0v) is 15.4. The Hall–Kier alpha value is -2.98. The number of nitrogens with zero attached hydrogens (tertiary/aromatic N) is 1. The zero-order chi connectivity index (χ0) is 18.3. The predicted octanol–water partition coefficient (Wildman–Crippen LogP) is 4.42. The van der Waals surface area contributed by atoms with E-state index in [1.807, 2.05) is 36.4 Å². The molecule has 3 aromatic carbocycles. The first-order chi connectivity index (χ1) is 13.4. The Morgan fingerprint density at radius 2 is 1.56 bits per heavy atom. The molecule has 3 aromatic rings. The Kier molecular flexibility index (Phi) is 5.56. The monoisotopic (exact) mass is 359 g/mol. The van der Waals surface area contributed by atoms with Gasteiger partial charge < -0.3 is 20.3 Å². The lowest BCUT2D eigenvalue weighted by molar-refractivity contribution is 0.308. The van der Waals surface area contributed by atoms with Crippen LogP contribution >= 0.6 is 0 Å². The highest BCUT2D eigenvalue weighted by atomic mass is 16.5.